The normalized spacial score (nSPS) is 21.3. The van der Waals surface area contributed by atoms with Crippen LogP contribution in [0, 0.1) is 11.8 Å². The summed E-state index contributed by atoms with van der Waals surface area (Å²) < 4.78 is 24.2. The lowest BCUT2D eigenvalue weighted by Gasteiger charge is -2.35. The molecule has 0 spiro atoms. The minimum atomic E-state index is -3.65. The smallest absolute Gasteiger partial charge is 0.274 e. The van der Waals surface area contributed by atoms with Crippen LogP contribution >= 0.6 is 0 Å². The zero-order chi connectivity index (χ0) is 15.9. The molecule has 0 bridgehead atoms. The van der Waals surface area contributed by atoms with Gasteiger partial charge in [-0.05, 0) is 31.6 Å². The summed E-state index contributed by atoms with van der Waals surface area (Å²) in [5.41, 5.74) is 0. The SMILES string of the molecule is CCCCC(CC)C(=O)N1CCCC(CNS(N)(=O)=O)C1. The highest BCUT2D eigenvalue weighted by molar-refractivity contribution is 7.87. The molecule has 3 N–H and O–H groups in total. The minimum absolute atomic E-state index is 0.106. The van der Waals surface area contributed by atoms with Crippen LogP contribution in [0.25, 0.3) is 0 Å². The van der Waals surface area contributed by atoms with Crippen LogP contribution in [-0.2, 0) is 15.0 Å². The molecule has 2 atom stereocenters. The third-order valence-electron chi connectivity index (χ3n) is 4.15. The Balaban J connectivity index is 2.52. The Bertz CT molecular complexity index is 425. The van der Waals surface area contributed by atoms with Crippen LogP contribution in [0.1, 0.15) is 52.4 Å². The predicted octanol–water partition coefficient (Wildman–Crippen LogP) is 1.23. The third kappa shape index (κ3) is 6.76. The van der Waals surface area contributed by atoms with Gasteiger partial charge in [-0.1, -0.05) is 26.7 Å². The zero-order valence-corrected chi connectivity index (χ0v) is 14.0. The van der Waals surface area contributed by atoms with Crippen LogP contribution in [0.2, 0.25) is 0 Å². The number of nitrogens with two attached hydrogens (primary N) is 1. The molecule has 7 heteroatoms. The van der Waals surface area contributed by atoms with E-state index in [1.54, 1.807) is 0 Å². The van der Waals surface area contributed by atoms with Gasteiger partial charge in [-0.3, -0.25) is 4.79 Å². The molecule has 1 fully saturated rings. The Labute approximate surface area is 128 Å². The van der Waals surface area contributed by atoms with Gasteiger partial charge in [0.15, 0.2) is 0 Å². The first-order chi connectivity index (χ1) is 9.87. The maximum absolute atomic E-state index is 12.5. The number of nitrogens with one attached hydrogen (secondary N) is 1. The van der Waals surface area contributed by atoms with E-state index < -0.39 is 10.2 Å². The van der Waals surface area contributed by atoms with Crippen LogP contribution in [0.15, 0.2) is 0 Å². The Morgan fingerprint density at radius 3 is 2.71 bits per heavy atom. The number of amides is 1. The van der Waals surface area contributed by atoms with Crippen molar-refractivity contribution >= 4 is 16.1 Å². The number of unbranched alkanes of at least 4 members (excludes halogenated alkanes) is 1. The Morgan fingerprint density at radius 2 is 2.14 bits per heavy atom. The summed E-state index contributed by atoms with van der Waals surface area (Å²) in [5, 5.41) is 4.95. The van der Waals surface area contributed by atoms with Gasteiger partial charge in [0.1, 0.15) is 0 Å². The fourth-order valence-electron chi connectivity index (χ4n) is 2.88. The molecule has 1 heterocycles. The average molecular weight is 319 g/mol. The van der Waals surface area contributed by atoms with Crippen molar-refractivity contribution in [2.24, 2.45) is 17.0 Å². The van der Waals surface area contributed by atoms with Crippen LogP contribution in [-0.4, -0.2) is 38.9 Å². The van der Waals surface area contributed by atoms with Crippen molar-refractivity contribution in [3.63, 3.8) is 0 Å². The lowest BCUT2D eigenvalue weighted by Crippen LogP contribution is -2.46. The number of piperidine rings is 1. The molecule has 0 radical (unpaired) electrons. The van der Waals surface area contributed by atoms with Crippen molar-refractivity contribution in [3.05, 3.63) is 0 Å². The Kier molecular flexibility index (Phi) is 7.62. The molecule has 1 saturated heterocycles. The maximum atomic E-state index is 12.5. The first kappa shape index (κ1) is 18.4. The summed E-state index contributed by atoms with van der Waals surface area (Å²) in [4.78, 5) is 14.5. The monoisotopic (exact) mass is 319 g/mol. The fourth-order valence-corrected chi connectivity index (χ4v) is 3.34. The second kappa shape index (κ2) is 8.70. The molecule has 0 aromatic carbocycles. The summed E-state index contributed by atoms with van der Waals surface area (Å²) in [5.74, 6) is 0.492. The van der Waals surface area contributed by atoms with Crippen LogP contribution < -0.4 is 9.86 Å². The lowest BCUT2D eigenvalue weighted by molar-refractivity contribution is -0.137. The number of hydrogen-bond donors (Lipinski definition) is 2. The molecule has 6 nitrogen and oxygen atoms in total. The molecule has 0 aliphatic carbocycles. The standard InChI is InChI=1S/C14H29N3O3S/c1-3-5-8-13(4-2)14(18)17-9-6-7-12(11-17)10-16-21(15,19)20/h12-13,16H,3-11H2,1-2H3,(H2,15,19,20). The summed E-state index contributed by atoms with van der Waals surface area (Å²) in [7, 11) is -3.65. The van der Waals surface area contributed by atoms with E-state index in [0.29, 0.717) is 13.1 Å². The maximum Gasteiger partial charge on any atom is 0.274 e. The first-order valence-corrected chi connectivity index (χ1v) is 9.48. The summed E-state index contributed by atoms with van der Waals surface area (Å²) >= 11 is 0. The molecule has 0 aromatic heterocycles. The second-order valence-electron chi connectivity index (χ2n) is 5.93. The van der Waals surface area contributed by atoms with E-state index in [2.05, 4.69) is 18.6 Å². The number of hydrogen-bond acceptors (Lipinski definition) is 3. The number of likely N-dealkylation sites (tertiary alicyclic amines) is 1. The molecule has 2 unspecified atom stereocenters. The van der Waals surface area contributed by atoms with Crippen LogP contribution in [0.4, 0.5) is 0 Å². The van der Waals surface area contributed by atoms with Gasteiger partial charge in [0.25, 0.3) is 10.2 Å². The number of rotatable bonds is 8. The molecule has 0 aromatic rings. The number of carbonyl (C=O) groups excluding carboxylic acids is 1. The van der Waals surface area contributed by atoms with Gasteiger partial charge in [-0.25, -0.2) is 9.86 Å². The largest absolute Gasteiger partial charge is 0.342 e. The van der Waals surface area contributed by atoms with E-state index >= 15 is 0 Å². The summed E-state index contributed by atoms with van der Waals surface area (Å²) in [6.07, 6.45) is 5.85. The van der Waals surface area contributed by atoms with Gasteiger partial charge in [-0.2, -0.15) is 8.42 Å². The summed E-state index contributed by atoms with van der Waals surface area (Å²) in [6.45, 7) is 5.92. The summed E-state index contributed by atoms with van der Waals surface area (Å²) in [6, 6.07) is 0. The van der Waals surface area contributed by atoms with Crippen molar-refractivity contribution in [3.8, 4) is 0 Å². The van der Waals surface area contributed by atoms with Gasteiger partial charge in [-0.15, -0.1) is 0 Å². The number of carbonyl (C=O) groups is 1. The lowest BCUT2D eigenvalue weighted by atomic mass is 9.93. The van der Waals surface area contributed by atoms with Crippen LogP contribution in [0.5, 0.6) is 0 Å². The van der Waals surface area contributed by atoms with Gasteiger partial charge in [0, 0.05) is 25.6 Å². The molecular weight excluding hydrogens is 290 g/mol. The first-order valence-electron chi connectivity index (χ1n) is 7.93. The fraction of sp³-hybridized carbons (Fsp3) is 0.929. The van der Waals surface area contributed by atoms with E-state index in [0.717, 1.165) is 45.1 Å². The van der Waals surface area contributed by atoms with Gasteiger partial charge in [0.2, 0.25) is 5.91 Å². The van der Waals surface area contributed by atoms with Gasteiger partial charge >= 0.3 is 0 Å². The van der Waals surface area contributed by atoms with Gasteiger partial charge < -0.3 is 4.90 Å². The minimum Gasteiger partial charge on any atom is -0.342 e. The molecule has 21 heavy (non-hydrogen) atoms. The van der Waals surface area contributed by atoms with Crippen molar-refractivity contribution in [2.75, 3.05) is 19.6 Å². The molecule has 1 amide bonds. The highest BCUT2D eigenvalue weighted by Crippen LogP contribution is 2.21. The van der Waals surface area contributed by atoms with E-state index in [1.165, 1.54) is 0 Å². The Morgan fingerprint density at radius 1 is 1.43 bits per heavy atom. The quantitative estimate of drug-likeness (QED) is 0.705. The molecule has 124 valence electrons. The molecule has 0 saturated carbocycles. The molecular formula is C14H29N3O3S. The van der Waals surface area contributed by atoms with Crippen molar-refractivity contribution < 1.29 is 13.2 Å². The predicted molar refractivity (Wildman–Crippen MR) is 83.7 cm³/mol. The van der Waals surface area contributed by atoms with Crippen molar-refractivity contribution in [1.29, 1.82) is 0 Å². The van der Waals surface area contributed by atoms with E-state index in [-0.39, 0.29) is 17.7 Å². The second-order valence-corrected chi connectivity index (χ2v) is 7.31. The molecule has 1 aliphatic heterocycles. The van der Waals surface area contributed by atoms with Crippen molar-refractivity contribution in [1.82, 2.24) is 9.62 Å². The van der Waals surface area contributed by atoms with E-state index in [4.69, 9.17) is 5.14 Å². The Hall–Kier alpha value is -0.660. The van der Waals surface area contributed by atoms with E-state index in [9.17, 15) is 13.2 Å². The highest BCUT2D eigenvalue weighted by Gasteiger charge is 2.28. The zero-order valence-electron chi connectivity index (χ0n) is 13.2. The molecule has 1 aliphatic rings. The van der Waals surface area contributed by atoms with Gasteiger partial charge in [0.05, 0.1) is 0 Å². The average Bonchev–Trinajstić information content (AvgIpc) is 2.45. The van der Waals surface area contributed by atoms with Crippen LogP contribution in [0.3, 0.4) is 0 Å². The highest BCUT2D eigenvalue weighted by atomic mass is 32.2. The molecule has 1 rings (SSSR count). The van der Waals surface area contributed by atoms with E-state index in [1.807, 2.05) is 4.90 Å². The van der Waals surface area contributed by atoms with Crippen molar-refractivity contribution in [2.45, 2.75) is 52.4 Å². The number of nitrogens with zero attached hydrogens (tertiary/aromatic N) is 1. The topological polar surface area (TPSA) is 92.5 Å². The third-order valence-corrected chi connectivity index (χ3v) is 4.72.